The first-order valence-electron chi connectivity index (χ1n) is 6.82. The van der Waals surface area contributed by atoms with Gasteiger partial charge in [-0.3, -0.25) is 4.98 Å². The van der Waals surface area contributed by atoms with Crippen molar-refractivity contribution in [1.29, 1.82) is 0 Å². The molecule has 0 bridgehead atoms. The number of fused-ring (bicyclic) bond motifs is 1. The highest BCUT2D eigenvalue weighted by atomic mass is 14.7. The zero-order chi connectivity index (χ0) is 13.4. The molecule has 0 aliphatic carbocycles. The lowest BCUT2D eigenvalue weighted by Gasteiger charge is -2.16. The highest BCUT2D eigenvalue weighted by Crippen LogP contribution is 2.30. The zero-order valence-corrected chi connectivity index (χ0v) is 12.3. The average molecular weight is 241 g/mol. The Morgan fingerprint density at radius 3 is 2.11 bits per heavy atom. The number of aryl methyl sites for hydroxylation is 2. The maximum atomic E-state index is 4.87. The standard InChI is InChI=1S/C17H23N/c1-10(2)16-9-15-13(6)12(5)7-8-14(15)17(18-16)11(3)4/h7-11H,1-6H3. The van der Waals surface area contributed by atoms with Crippen molar-refractivity contribution >= 4 is 10.8 Å². The van der Waals surface area contributed by atoms with E-state index in [1.54, 1.807) is 0 Å². The van der Waals surface area contributed by atoms with Crippen LogP contribution in [0.5, 0.6) is 0 Å². The van der Waals surface area contributed by atoms with E-state index in [-0.39, 0.29) is 0 Å². The van der Waals surface area contributed by atoms with Gasteiger partial charge in [0.05, 0.1) is 5.69 Å². The van der Waals surface area contributed by atoms with Crippen LogP contribution in [-0.2, 0) is 0 Å². The molecule has 1 aromatic heterocycles. The van der Waals surface area contributed by atoms with Gasteiger partial charge in [0.2, 0.25) is 0 Å². The van der Waals surface area contributed by atoms with E-state index >= 15 is 0 Å². The first-order chi connectivity index (χ1) is 8.41. The topological polar surface area (TPSA) is 12.9 Å². The van der Waals surface area contributed by atoms with Crippen LogP contribution >= 0.6 is 0 Å². The van der Waals surface area contributed by atoms with Gasteiger partial charge in [-0.25, -0.2) is 0 Å². The summed E-state index contributed by atoms with van der Waals surface area (Å²) in [6.45, 7) is 13.3. The number of pyridine rings is 1. The fourth-order valence-corrected chi connectivity index (χ4v) is 2.36. The summed E-state index contributed by atoms with van der Waals surface area (Å²) in [6, 6.07) is 6.71. The van der Waals surface area contributed by atoms with Gasteiger partial charge in [0.25, 0.3) is 0 Å². The van der Waals surface area contributed by atoms with Crippen molar-refractivity contribution in [2.24, 2.45) is 0 Å². The summed E-state index contributed by atoms with van der Waals surface area (Å²) >= 11 is 0. The van der Waals surface area contributed by atoms with Gasteiger partial charge in [-0.15, -0.1) is 0 Å². The SMILES string of the molecule is Cc1ccc2c(C(C)C)nc(C(C)C)cc2c1C. The molecule has 0 saturated carbocycles. The largest absolute Gasteiger partial charge is 0.257 e. The summed E-state index contributed by atoms with van der Waals surface area (Å²) in [5.41, 5.74) is 5.19. The Hall–Kier alpha value is -1.37. The molecule has 0 atom stereocenters. The number of hydrogen-bond acceptors (Lipinski definition) is 1. The quantitative estimate of drug-likeness (QED) is 0.713. The Morgan fingerprint density at radius 2 is 1.56 bits per heavy atom. The van der Waals surface area contributed by atoms with E-state index in [0.29, 0.717) is 11.8 Å². The molecule has 0 aliphatic heterocycles. The van der Waals surface area contributed by atoms with Crippen LogP contribution in [0.25, 0.3) is 10.8 Å². The van der Waals surface area contributed by atoms with Crippen molar-refractivity contribution < 1.29 is 0 Å². The van der Waals surface area contributed by atoms with Gasteiger partial charge in [0.15, 0.2) is 0 Å². The monoisotopic (exact) mass is 241 g/mol. The summed E-state index contributed by atoms with van der Waals surface area (Å²) in [4.78, 5) is 4.87. The zero-order valence-electron chi connectivity index (χ0n) is 12.3. The van der Waals surface area contributed by atoms with Gasteiger partial charge >= 0.3 is 0 Å². The molecule has 96 valence electrons. The number of nitrogens with zero attached hydrogens (tertiary/aromatic N) is 1. The minimum atomic E-state index is 0.466. The van der Waals surface area contributed by atoms with Crippen LogP contribution < -0.4 is 0 Å². The third-order valence-corrected chi connectivity index (χ3v) is 3.74. The van der Waals surface area contributed by atoms with Crippen molar-refractivity contribution in [2.45, 2.75) is 53.4 Å². The molecule has 0 fully saturated rings. The molecule has 0 aliphatic rings. The lowest BCUT2D eigenvalue weighted by atomic mass is 9.94. The molecular weight excluding hydrogens is 218 g/mol. The Labute approximate surface area is 110 Å². The van der Waals surface area contributed by atoms with Crippen LogP contribution in [0.2, 0.25) is 0 Å². The van der Waals surface area contributed by atoms with Crippen LogP contribution in [-0.4, -0.2) is 4.98 Å². The van der Waals surface area contributed by atoms with E-state index in [4.69, 9.17) is 4.98 Å². The van der Waals surface area contributed by atoms with Gasteiger partial charge in [-0.05, 0) is 48.3 Å². The Bertz CT molecular complexity index is 580. The van der Waals surface area contributed by atoms with Crippen LogP contribution in [0.3, 0.4) is 0 Å². The van der Waals surface area contributed by atoms with Crippen molar-refractivity contribution in [2.75, 3.05) is 0 Å². The molecule has 0 spiro atoms. The molecule has 2 aromatic rings. The van der Waals surface area contributed by atoms with Gasteiger partial charge in [0.1, 0.15) is 0 Å². The third-order valence-electron chi connectivity index (χ3n) is 3.74. The van der Waals surface area contributed by atoms with Crippen LogP contribution in [0, 0.1) is 13.8 Å². The summed E-state index contributed by atoms with van der Waals surface area (Å²) < 4.78 is 0. The normalized spacial score (nSPS) is 11.8. The van der Waals surface area contributed by atoms with Gasteiger partial charge in [-0.1, -0.05) is 39.8 Å². The second-order valence-electron chi connectivity index (χ2n) is 5.84. The van der Waals surface area contributed by atoms with Crippen molar-refractivity contribution in [3.8, 4) is 0 Å². The predicted octanol–water partition coefficient (Wildman–Crippen LogP) is 5.10. The first kappa shape index (κ1) is 13.1. The number of benzene rings is 1. The van der Waals surface area contributed by atoms with E-state index in [9.17, 15) is 0 Å². The molecular formula is C17H23N. The van der Waals surface area contributed by atoms with Crippen molar-refractivity contribution in [1.82, 2.24) is 4.98 Å². The Kier molecular flexibility index (Phi) is 3.43. The van der Waals surface area contributed by atoms with E-state index < -0.39 is 0 Å². The van der Waals surface area contributed by atoms with Crippen LogP contribution in [0.4, 0.5) is 0 Å². The van der Waals surface area contributed by atoms with E-state index in [1.807, 2.05) is 0 Å². The molecule has 0 radical (unpaired) electrons. The lowest BCUT2D eigenvalue weighted by Crippen LogP contribution is -2.02. The molecule has 18 heavy (non-hydrogen) atoms. The van der Waals surface area contributed by atoms with Gasteiger partial charge in [-0.2, -0.15) is 0 Å². The maximum absolute atomic E-state index is 4.87. The van der Waals surface area contributed by atoms with Gasteiger partial charge < -0.3 is 0 Å². The summed E-state index contributed by atoms with van der Waals surface area (Å²) in [5.74, 6) is 0.945. The Morgan fingerprint density at radius 1 is 0.889 bits per heavy atom. The number of hydrogen-bond donors (Lipinski definition) is 0. The van der Waals surface area contributed by atoms with E-state index in [0.717, 1.165) is 0 Å². The predicted molar refractivity (Wildman–Crippen MR) is 79.4 cm³/mol. The lowest BCUT2D eigenvalue weighted by molar-refractivity contribution is 0.774. The second kappa shape index (κ2) is 4.72. The highest BCUT2D eigenvalue weighted by Gasteiger charge is 2.13. The highest BCUT2D eigenvalue weighted by molar-refractivity contribution is 5.89. The maximum Gasteiger partial charge on any atom is 0.0510 e. The molecule has 0 saturated heterocycles. The summed E-state index contributed by atoms with van der Waals surface area (Å²) in [5, 5.41) is 2.69. The Balaban J connectivity index is 2.85. The summed E-state index contributed by atoms with van der Waals surface area (Å²) in [6.07, 6.45) is 0. The minimum absolute atomic E-state index is 0.466. The molecule has 0 N–H and O–H groups in total. The first-order valence-corrected chi connectivity index (χ1v) is 6.82. The fourth-order valence-electron chi connectivity index (χ4n) is 2.36. The molecule has 0 amide bonds. The van der Waals surface area contributed by atoms with Crippen LogP contribution in [0.1, 0.15) is 62.0 Å². The van der Waals surface area contributed by atoms with Gasteiger partial charge in [0, 0.05) is 11.1 Å². The number of aromatic nitrogens is 1. The smallest absolute Gasteiger partial charge is 0.0510 e. The molecule has 0 unspecified atom stereocenters. The summed E-state index contributed by atoms with van der Waals surface area (Å²) in [7, 11) is 0. The molecule has 1 aromatic carbocycles. The minimum Gasteiger partial charge on any atom is -0.257 e. The molecule has 2 rings (SSSR count). The number of rotatable bonds is 2. The van der Waals surface area contributed by atoms with E-state index in [2.05, 4.69) is 59.7 Å². The fraction of sp³-hybridized carbons (Fsp3) is 0.471. The third kappa shape index (κ3) is 2.14. The molecule has 1 heterocycles. The van der Waals surface area contributed by atoms with Crippen LogP contribution in [0.15, 0.2) is 18.2 Å². The van der Waals surface area contributed by atoms with Crippen molar-refractivity contribution in [3.05, 3.63) is 40.7 Å². The average Bonchev–Trinajstić information content (AvgIpc) is 2.32. The second-order valence-corrected chi connectivity index (χ2v) is 5.84. The van der Waals surface area contributed by atoms with Crippen molar-refractivity contribution in [3.63, 3.8) is 0 Å². The van der Waals surface area contributed by atoms with E-state index in [1.165, 1.54) is 33.3 Å². The molecule has 1 nitrogen and oxygen atoms in total. The molecule has 1 heteroatoms.